The molecule has 1 amide bonds. The van der Waals surface area contributed by atoms with Crippen molar-refractivity contribution in [3.8, 4) is 11.4 Å². The van der Waals surface area contributed by atoms with Crippen LogP contribution in [0.5, 0.6) is 5.75 Å². The van der Waals surface area contributed by atoms with E-state index in [1.54, 1.807) is 30.3 Å². The number of carbonyl (C=O) groups excluding carboxylic acids is 2. The van der Waals surface area contributed by atoms with E-state index in [2.05, 4.69) is 10.3 Å². The van der Waals surface area contributed by atoms with E-state index in [4.69, 9.17) is 4.74 Å². The van der Waals surface area contributed by atoms with Crippen LogP contribution in [-0.2, 0) is 0 Å². The maximum Gasteiger partial charge on any atom is 0.266 e. The second kappa shape index (κ2) is 5.80. The number of ether oxygens (including phenoxy) is 1. The van der Waals surface area contributed by atoms with Crippen LogP contribution >= 0.6 is 0 Å². The van der Waals surface area contributed by atoms with E-state index in [1.165, 1.54) is 17.7 Å². The highest BCUT2D eigenvalue weighted by molar-refractivity contribution is 6.14. The Morgan fingerprint density at radius 2 is 2.04 bits per heavy atom. The number of methoxy groups -OCH3 is 1. The number of aromatic nitrogens is 2. The van der Waals surface area contributed by atoms with Crippen molar-refractivity contribution in [3.05, 3.63) is 63.7 Å². The minimum Gasteiger partial charge on any atom is -0.494 e. The topological polar surface area (TPSA) is 90.3 Å². The van der Waals surface area contributed by atoms with Gasteiger partial charge in [0.2, 0.25) is 5.78 Å². The first kappa shape index (κ1) is 16.0. The number of hydrogen-bond donors (Lipinski definition) is 1. The maximum absolute atomic E-state index is 13.0. The molecule has 130 valence electrons. The van der Waals surface area contributed by atoms with E-state index in [1.807, 2.05) is 6.92 Å². The number of carbonyl (C=O) groups is 2. The summed E-state index contributed by atoms with van der Waals surface area (Å²) < 4.78 is 6.55. The van der Waals surface area contributed by atoms with Crippen LogP contribution in [0.1, 0.15) is 33.5 Å². The maximum atomic E-state index is 13.0. The van der Waals surface area contributed by atoms with Gasteiger partial charge in [0.15, 0.2) is 5.82 Å². The number of nitrogens with one attached hydrogen (secondary N) is 1. The Kier molecular flexibility index (Phi) is 3.57. The number of amides is 1. The van der Waals surface area contributed by atoms with Crippen molar-refractivity contribution in [1.29, 1.82) is 0 Å². The molecule has 0 saturated carbocycles. The number of fused-ring (bicyclic) bond motifs is 4. The molecule has 0 bridgehead atoms. The Balaban J connectivity index is 1.97. The second-order valence-electron chi connectivity index (χ2n) is 5.85. The molecule has 0 fully saturated rings. The van der Waals surface area contributed by atoms with Gasteiger partial charge in [0.05, 0.1) is 23.7 Å². The summed E-state index contributed by atoms with van der Waals surface area (Å²) in [4.78, 5) is 42.2. The summed E-state index contributed by atoms with van der Waals surface area (Å²) in [5.41, 5.74) is 1.08. The van der Waals surface area contributed by atoms with Crippen molar-refractivity contribution in [3.63, 3.8) is 0 Å². The standard InChI is InChI=1S/C19H15N3O4/c1-3-20-18(24)10-7-8-13-12(9-10)16(23)17-21-15-11(19(25)22(13)17)5-4-6-14(15)26-2/h4-9H,3H2,1-2H3,(H,20,24). The van der Waals surface area contributed by atoms with Crippen LogP contribution in [0.15, 0.2) is 41.2 Å². The molecule has 7 nitrogen and oxygen atoms in total. The highest BCUT2D eigenvalue weighted by Crippen LogP contribution is 2.29. The Morgan fingerprint density at radius 1 is 1.23 bits per heavy atom. The lowest BCUT2D eigenvalue weighted by atomic mass is 10.1. The average molecular weight is 349 g/mol. The van der Waals surface area contributed by atoms with Crippen LogP contribution in [0.3, 0.4) is 0 Å². The van der Waals surface area contributed by atoms with Crippen molar-refractivity contribution in [1.82, 2.24) is 14.9 Å². The lowest BCUT2D eigenvalue weighted by molar-refractivity contribution is 0.0956. The molecule has 7 heteroatoms. The average Bonchev–Trinajstić information content (AvgIpc) is 2.94. The van der Waals surface area contributed by atoms with Gasteiger partial charge in [-0.1, -0.05) is 6.07 Å². The third kappa shape index (κ3) is 2.13. The van der Waals surface area contributed by atoms with Crippen molar-refractivity contribution in [2.75, 3.05) is 13.7 Å². The molecule has 1 N–H and O–H groups in total. The molecule has 1 aromatic heterocycles. The molecule has 0 atom stereocenters. The summed E-state index contributed by atoms with van der Waals surface area (Å²) in [5.74, 6) is -0.216. The first-order chi connectivity index (χ1) is 12.6. The minimum atomic E-state index is -0.393. The Hall–Kier alpha value is -3.48. The molecule has 1 aliphatic heterocycles. The van der Waals surface area contributed by atoms with Crippen LogP contribution in [0.25, 0.3) is 16.6 Å². The van der Waals surface area contributed by atoms with Crippen LogP contribution in [0.4, 0.5) is 0 Å². The fourth-order valence-corrected chi connectivity index (χ4v) is 3.16. The summed E-state index contributed by atoms with van der Waals surface area (Å²) in [6.45, 7) is 2.30. The molecular weight excluding hydrogens is 334 g/mol. The van der Waals surface area contributed by atoms with Gasteiger partial charge in [0.25, 0.3) is 11.5 Å². The first-order valence-corrected chi connectivity index (χ1v) is 8.14. The van der Waals surface area contributed by atoms with E-state index >= 15 is 0 Å². The summed E-state index contributed by atoms with van der Waals surface area (Å²) in [7, 11) is 1.48. The summed E-state index contributed by atoms with van der Waals surface area (Å²) in [6.07, 6.45) is 0. The van der Waals surface area contributed by atoms with Crippen molar-refractivity contribution < 1.29 is 14.3 Å². The molecule has 26 heavy (non-hydrogen) atoms. The van der Waals surface area contributed by atoms with Gasteiger partial charge in [-0.15, -0.1) is 0 Å². The molecule has 3 aromatic rings. The lowest BCUT2D eigenvalue weighted by Gasteiger charge is -2.08. The highest BCUT2D eigenvalue weighted by atomic mass is 16.5. The van der Waals surface area contributed by atoms with Gasteiger partial charge in [-0.3, -0.25) is 19.0 Å². The zero-order chi connectivity index (χ0) is 18.4. The Morgan fingerprint density at radius 3 is 2.77 bits per heavy atom. The predicted octanol–water partition coefficient (Wildman–Crippen LogP) is 1.69. The van der Waals surface area contributed by atoms with Gasteiger partial charge in [0, 0.05) is 12.1 Å². The van der Waals surface area contributed by atoms with E-state index in [0.29, 0.717) is 34.4 Å². The number of para-hydroxylation sites is 1. The van der Waals surface area contributed by atoms with Crippen molar-refractivity contribution in [2.45, 2.75) is 6.92 Å². The third-order valence-corrected chi connectivity index (χ3v) is 4.37. The van der Waals surface area contributed by atoms with Crippen LogP contribution < -0.4 is 15.6 Å². The summed E-state index contributed by atoms with van der Waals surface area (Å²) >= 11 is 0. The number of hydrogen-bond acceptors (Lipinski definition) is 5. The van der Waals surface area contributed by atoms with Gasteiger partial charge in [0.1, 0.15) is 11.3 Å². The van der Waals surface area contributed by atoms with Gasteiger partial charge in [-0.2, -0.15) is 0 Å². The largest absolute Gasteiger partial charge is 0.494 e. The zero-order valence-electron chi connectivity index (χ0n) is 14.2. The Labute approximate surface area is 148 Å². The molecule has 2 heterocycles. The predicted molar refractivity (Wildman–Crippen MR) is 95.3 cm³/mol. The molecule has 1 aliphatic rings. The van der Waals surface area contributed by atoms with E-state index < -0.39 is 5.78 Å². The fraction of sp³-hybridized carbons (Fsp3) is 0.158. The number of ketones is 1. The molecule has 0 spiro atoms. The van der Waals surface area contributed by atoms with E-state index in [9.17, 15) is 14.4 Å². The summed E-state index contributed by atoms with van der Waals surface area (Å²) in [5, 5.41) is 3.05. The monoisotopic (exact) mass is 349 g/mol. The highest BCUT2D eigenvalue weighted by Gasteiger charge is 2.31. The second-order valence-corrected chi connectivity index (χ2v) is 5.85. The van der Waals surface area contributed by atoms with E-state index in [0.717, 1.165) is 0 Å². The zero-order valence-corrected chi connectivity index (χ0v) is 14.2. The molecule has 0 radical (unpaired) electrons. The van der Waals surface area contributed by atoms with Crippen LogP contribution in [0, 0.1) is 0 Å². The van der Waals surface area contributed by atoms with Crippen LogP contribution in [-0.4, -0.2) is 34.9 Å². The first-order valence-electron chi connectivity index (χ1n) is 8.14. The quantitative estimate of drug-likeness (QED) is 0.608. The minimum absolute atomic E-state index is 0.0232. The van der Waals surface area contributed by atoms with Crippen LogP contribution in [0.2, 0.25) is 0 Å². The lowest BCUT2D eigenvalue weighted by Crippen LogP contribution is -2.23. The van der Waals surface area contributed by atoms with Crippen molar-refractivity contribution in [2.24, 2.45) is 0 Å². The summed E-state index contributed by atoms with van der Waals surface area (Å²) in [6, 6.07) is 9.72. The molecule has 0 saturated heterocycles. The van der Waals surface area contributed by atoms with Gasteiger partial charge >= 0.3 is 0 Å². The fourth-order valence-electron chi connectivity index (χ4n) is 3.16. The Bertz CT molecular complexity index is 1150. The number of nitrogens with zero attached hydrogens (tertiary/aromatic N) is 2. The SMILES string of the molecule is CCNC(=O)c1ccc2c(c1)C(=O)c1nc3c(OC)cccc3c(=O)n1-2. The molecular formula is C19H15N3O4. The number of benzene rings is 2. The normalized spacial score (nSPS) is 12.0. The third-order valence-electron chi connectivity index (χ3n) is 4.37. The van der Waals surface area contributed by atoms with Gasteiger partial charge < -0.3 is 10.1 Å². The molecule has 0 aliphatic carbocycles. The van der Waals surface area contributed by atoms with E-state index in [-0.39, 0.29) is 22.9 Å². The van der Waals surface area contributed by atoms with Gasteiger partial charge in [-0.05, 0) is 37.3 Å². The molecule has 4 rings (SSSR count). The smallest absolute Gasteiger partial charge is 0.266 e. The van der Waals surface area contributed by atoms with Crippen molar-refractivity contribution >= 4 is 22.6 Å². The van der Waals surface area contributed by atoms with Gasteiger partial charge in [-0.25, -0.2) is 4.98 Å². The molecule has 0 unspecified atom stereocenters. The number of rotatable bonds is 3. The molecule has 2 aromatic carbocycles.